The molecule has 5 aromatic carbocycles. The predicted octanol–water partition coefficient (Wildman–Crippen LogP) is 11.4. The quantitative estimate of drug-likeness (QED) is 0.129. The van der Waals surface area contributed by atoms with E-state index in [0.29, 0.717) is 6.42 Å². The van der Waals surface area contributed by atoms with Crippen molar-refractivity contribution in [2.24, 2.45) is 0 Å². The molecule has 0 bridgehead atoms. The molecule has 0 aromatic heterocycles. The van der Waals surface area contributed by atoms with Gasteiger partial charge in [-0.25, -0.2) is 0 Å². The second kappa shape index (κ2) is 16.1. The molecule has 1 N–H and O–H groups in total. The number of nitrogens with zero attached hydrogens (tertiary/aromatic N) is 1. The first-order valence-electron chi connectivity index (χ1n) is 17.2. The van der Waals surface area contributed by atoms with Crippen molar-refractivity contribution in [3.8, 4) is 16.9 Å². The second-order valence-corrected chi connectivity index (χ2v) is 12.5. The minimum atomic E-state index is -0.00448. The molecule has 49 heavy (non-hydrogen) atoms. The predicted molar refractivity (Wildman–Crippen MR) is 203 cm³/mol. The van der Waals surface area contributed by atoms with Crippen LogP contribution in [0.4, 0.5) is 17.1 Å². The van der Waals surface area contributed by atoms with Crippen LogP contribution >= 0.6 is 0 Å². The first-order valence-corrected chi connectivity index (χ1v) is 17.2. The number of aliphatic hydroxyl groups excluding tert-OH is 1. The molecule has 0 heterocycles. The van der Waals surface area contributed by atoms with Gasteiger partial charge in [0.15, 0.2) is 0 Å². The number of hydrogen-bond donors (Lipinski definition) is 1. The smallest absolute Gasteiger partial charge is 0.279 e. The van der Waals surface area contributed by atoms with Crippen LogP contribution in [0.2, 0.25) is 0 Å². The van der Waals surface area contributed by atoms with Crippen molar-refractivity contribution in [2.45, 2.75) is 45.4 Å². The fourth-order valence-corrected chi connectivity index (χ4v) is 6.24. The minimum Gasteiger partial charge on any atom is -0.497 e. The molecule has 0 saturated heterocycles. The highest BCUT2D eigenvalue weighted by atomic mass is 16.6. The molecule has 0 fully saturated rings. The number of anilines is 3. The zero-order chi connectivity index (χ0) is 34.0. The molecular formula is C45H45NO3. The third-order valence-electron chi connectivity index (χ3n) is 9.32. The first-order chi connectivity index (χ1) is 24.0. The largest absolute Gasteiger partial charge is 0.497 e. The van der Waals surface area contributed by atoms with Crippen molar-refractivity contribution in [2.75, 3.05) is 19.1 Å². The monoisotopic (exact) mass is 647 g/mol. The van der Waals surface area contributed by atoms with Gasteiger partial charge in [0.2, 0.25) is 0 Å². The number of aryl methyl sites for hydroxylation is 4. The van der Waals surface area contributed by atoms with Crippen LogP contribution in [0.3, 0.4) is 0 Å². The standard InChI is InChI=1S/C45H45NO3/c1-4-33-9-19-38(20-10-33)39-23-29-43(30-24-39)46(42-27-15-36(16-28-42)7-8-37-17-31-44(48-2)32-18-37)41-25-13-35(14-26-41)6-5-34-11-21-40(22-12-34)45(47)49-3/h9-21,23-32,47H,4-8,22H2,1-3H3. The molecule has 0 unspecified atom stereocenters. The highest BCUT2D eigenvalue weighted by molar-refractivity contribution is 5.78. The Balaban J connectivity index is 1.20. The van der Waals surface area contributed by atoms with Crippen molar-refractivity contribution < 1.29 is 14.6 Å². The number of methoxy groups -OCH3 is 2. The van der Waals surface area contributed by atoms with E-state index >= 15 is 0 Å². The number of hydrogen-bond acceptors (Lipinski definition) is 4. The number of allylic oxidation sites excluding steroid dienone is 5. The Kier molecular flexibility index (Phi) is 11.0. The van der Waals surface area contributed by atoms with Crippen LogP contribution in [0.1, 0.15) is 42.0 Å². The molecule has 0 spiro atoms. The van der Waals surface area contributed by atoms with Crippen LogP contribution in [0.15, 0.2) is 157 Å². The lowest BCUT2D eigenvalue weighted by Gasteiger charge is -2.26. The van der Waals surface area contributed by atoms with Crippen LogP contribution in [0, 0.1) is 0 Å². The lowest BCUT2D eigenvalue weighted by Crippen LogP contribution is -2.10. The molecule has 0 atom stereocenters. The van der Waals surface area contributed by atoms with E-state index in [-0.39, 0.29) is 5.95 Å². The molecule has 0 amide bonds. The maximum atomic E-state index is 9.86. The van der Waals surface area contributed by atoms with E-state index in [4.69, 9.17) is 9.47 Å². The van der Waals surface area contributed by atoms with Crippen LogP contribution < -0.4 is 9.64 Å². The van der Waals surface area contributed by atoms with Crippen molar-refractivity contribution in [3.05, 3.63) is 179 Å². The van der Waals surface area contributed by atoms with Gasteiger partial charge in [-0.15, -0.1) is 0 Å². The highest BCUT2D eigenvalue weighted by Gasteiger charge is 2.14. The van der Waals surface area contributed by atoms with E-state index in [9.17, 15) is 5.11 Å². The van der Waals surface area contributed by atoms with Gasteiger partial charge in [0.05, 0.1) is 14.2 Å². The Hall–Kier alpha value is -5.48. The molecular weight excluding hydrogens is 602 g/mol. The average Bonchev–Trinajstić information content (AvgIpc) is 3.18. The van der Waals surface area contributed by atoms with Gasteiger partial charge in [-0.3, -0.25) is 0 Å². The minimum absolute atomic E-state index is 0.00448. The van der Waals surface area contributed by atoms with Crippen LogP contribution in [-0.2, 0) is 30.4 Å². The fourth-order valence-electron chi connectivity index (χ4n) is 6.24. The van der Waals surface area contributed by atoms with Gasteiger partial charge in [-0.1, -0.05) is 104 Å². The van der Waals surface area contributed by atoms with Gasteiger partial charge >= 0.3 is 0 Å². The van der Waals surface area contributed by atoms with Gasteiger partial charge in [0.25, 0.3) is 5.95 Å². The van der Waals surface area contributed by atoms with Gasteiger partial charge in [-0.05, 0) is 120 Å². The van der Waals surface area contributed by atoms with Crippen molar-refractivity contribution in [3.63, 3.8) is 0 Å². The Bertz CT molecular complexity index is 1900. The second-order valence-electron chi connectivity index (χ2n) is 12.5. The summed E-state index contributed by atoms with van der Waals surface area (Å²) >= 11 is 0. The SMILES string of the molecule is CCc1ccc(-c2ccc(N(c3ccc(CCC4=CCC(=C(O)OC)C=C4)cc3)c3ccc(CCc4ccc(OC)cc4)cc3)cc2)cc1. The molecule has 6 rings (SSSR count). The lowest BCUT2D eigenvalue weighted by atomic mass is 9.97. The van der Waals surface area contributed by atoms with Crippen molar-refractivity contribution in [1.82, 2.24) is 0 Å². The molecule has 0 aliphatic heterocycles. The van der Waals surface area contributed by atoms with E-state index < -0.39 is 0 Å². The summed E-state index contributed by atoms with van der Waals surface area (Å²) in [6.07, 6.45) is 11.8. The topological polar surface area (TPSA) is 41.9 Å². The fraction of sp³-hybridized carbons (Fsp3) is 0.200. The lowest BCUT2D eigenvalue weighted by molar-refractivity contribution is 0.132. The number of rotatable bonds is 13. The first kappa shape index (κ1) is 33.4. The summed E-state index contributed by atoms with van der Waals surface area (Å²) in [7, 11) is 3.19. The Morgan fingerprint density at radius 2 is 1.02 bits per heavy atom. The Labute approximate surface area is 291 Å². The zero-order valence-electron chi connectivity index (χ0n) is 28.7. The molecule has 0 saturated carbocycles. The van der Waals surface area contributed by atoms with Crippen molar-refractivity contribution in [1.29, 1.82) is 0 Å². The summed E-state index contributed by atoms with van der Waals surface area (Å²) in [6, 6.07) is 44.0. The number of benzene rings is 5. The summed E-state index contributed by atoms with van der Waals surface area (Å²) < 4.78 is 10.3. The number of ether oxygens (including phenoxy) is 2. The maximum Gasteiger partial charge on any atom is 0.279 e. The molecule has 4 heteroatoms. The summed E-state index contributed by atoms with van der Waals surface area (Å²) in [6.45, 7) is 2.19. The summed E-state index contributed by atoms with van der Waals surface area (Å²) in [4.78, 5) is 2.34. The highest BCUT2D eigenvalue weighted by Crippen LogP contribution is 2.36. The van der Waals surface area contributed by atoms with Gasteiger partial charge < -0.3 is 19.5 Å². The third-order valence-corrected chi connectivity index (χ3v) is 9.32. The van der Waals surface area contributed by atoms with E-state index in [1.165, 1.54) is 46.1 Å². The third kappa shape index (κ3) is 8.52. The van der Waals surface area contributed by atoms with Crippen LogP contribution in [0.5, 0.6) is 5.75 Å². The van der Waals surface area contributed by atoms with Gasteiger partial charge in [0.1, 0.15) is 5.75 Å². The summed E-state index contributed by atoms with van der Waals surface area (Å²) in [5.41, 5.74) is 13.1. The van der Waals surface area contributed by atoms with Crippen molar-refractivity contribution >= 4 is 17.1 Å². The molecule has 4 nitrogen and oxygen atoms in total. The maximum absolute atomic E-state index is 9.86. The van der Waals surface area contributed by atoms with Gasteiger partial charge in [-0.2, -0.15) is 0 Å². The summed E-state index contributed by atoms with van der Waals surface area (Å²) in [5, 5.41) is 9.86. The Morgan fingerprint density at radius 1 is 0.571 bits per heavy atom. The van der Waals surface area contributed by atoms with E-state index in [0.717, 1.165) is 60.5 Å². The van der Waals surface area contributed by atoms with E-state index in [1.54, 1.807) is 7.11 Å². The molecule has 1 aliphatic carbocycles. The van der Waals surface area contributed by atoms with E-state index in [2.05, 4.69) is 133 Å². The number of aliphatic hydroxyl groups is 1. The van der Waals surface area contributed by atoms with E-state index in [1.807, 2.05) is 18.2 Å². The Morgan fingerprint density at radius 3 is 1.47 bits per heavy atom. The van der Waals surface area contributed by atoms with Crippen LogP contribution in [0.25, 0.3) is 11.1 Å². The molecule has 5 aromatic rings. The molecule has 0 radical (unpaired) electrons. The average molecular weight is 648 g/mol. The summed E-state index contributed by atoms with van der Waals surface area (Å²) in [5.74, 6) is 0.883. The van der Waals surface area contributed by atoms with Gasteiger partial charge in [0, 0.05) is 22.6 Å². The molecule has 248 valence electrons. The zero-order valence-corrected chi connectivity index (χ0v) is 28.7. The molecule has 1 aliphatic rings. The normalized spacial score (nSPS) is 13.5. The van der Waals surface area contributed by atoms with Crippen LogP contribution in [-0.4, -0.2) is 19.3 Å².